The Kier molecular flexibility index (Phi) is 14.6. The lowest BCUT2D eigenvalue weighted by Crippen LogP contribution is -2.06. The van der Waals surface area contributed by atoms with E-state index < -0.39 is 0 Å². The van der Waals surface area contributed by atoms with Crippen LogP contribution in [0.2, 0.25) is 0 Å². The fourth-order valence-corrected chi connectivity index (χ4v) is 2.07. The Morgan fingerprint density at radius 3 is 1.72 bits per heavy atom. The van der Waals surface area contributed by atoms with Gasteiger partial charge in [0.15, 0.2) is 0 Å². The number of hydrogen-bond acceptors (Lipinski definition) is 2. The van der Waals surface area contributed by atoms with E-state index in [2.05, 4.69) is 6.92 Å². The third-order valence-corrected chi connectivity index (χ3v) is 3.34. The molecule has 0 aromatic rings. The van der Waals surface area contributed by atoms with E-state index in [0.717, 1.165) is 12.8 Å². The lowest BCUT2D eigenvalue weighted by Gasteiger charge is -2.03. The normalized spacial score (nSPS) is 10.6. The molecule has 0 amide bonds. The van der Waals surface area contributed by atoms with E-state index in [9.17, 15) is 4.79 Å². The maximum Gasteiger partial charge on any atom is 0.320 e. The molecule has 2 nitrogen and oxygen atoms in total. The van der Waals surface area contributed by atoms with Gasteiger partial charge in [0.2, 0.25) is 0 Å². The van der Waals surface area contributed by atoms with Crippen molar-refractivity contribution < 1.29 is 9.53 Å². The van der Waals surface area contributed by atoms with Gasteiger partial charge in [0.05, 0.1) is 6.61 Å². The SMILES string of the molecule is CCCCCCCCCCCCCOC(=O)CCl. The van der Waals surface area contributed by atoms with Gasteiger partial charge in [-0.15, -0.1) is 11.6 Å². The first-order valence-corrected chi connectivity index (χ1v) is 8.06. The van der Waals surface area contributed by atoms with Crippen molar-refractivity contribution in [3.8, 4) is 0 Å². The number of rotatable bonds is 13. The third-order valence-electron chi connectivity index (χ3n) is 3.12. The number of halogens is 1. The van der Waals surface area contributed by atoms with Crippen LogP contribution >= 0.6 is 11.6 Å². The van der Waals surface area contributed by atoms with Crippen molar-refractivity contribution in [3.05, 3.63) is 0 Å². The molecule has 0 aliphatic rings. The Hall–Kier alpha value is -0.240. The second-order valence-electron chi connectivity index (χ2n) is 4.89. The summed E-state index contributed by atoms with van der Waals surface area (Å²) in [6.07, 6.45) is 14.4. The number of alkyl halides is 1. The molecule has 0 aromatic heterocycles. The Labute approximate surface area is 117 Å². The van der Waals surface area contributed by atoms with Crippen molar-refractivity contribution in [3.63, 3.8) is 0 Å². The van der Waals surface area contributed by atoms with Crippen molar-refractivity contribution in [1.82, 2.24) is 0 Å². The van der Waals surface area contributed by atoms with Crippen molar-refractivity contribution >= 4 is 17.6 Å². The summed E-state index contributed by atoms with van der Waals surface area (Å²) in [5.41, 5.74) is 0. The van der Waals surface area contributed by atoms with Gasteiger partial charge in [-0.3, -0.25) is 4.79 Å². The predicted octanol–water partition coefficient (Wildman–Crippen LogP) is 5.08. The van der Waals surface area contributed by atoms with Crippen LogP contribution in [0.4, 0.5) is 0 Å². The van der Waals surface area contributed by atoms with Crippen LogP contribution in [-0.4, -0.2) is 18.5 Å². The Morgan fingerprint density at radius 1 is 0.833 bits per heavy atom. The van der Waals surface area contributed by atoms with Crippen LogP contribution in [-0.2, 0) is 9.53 Å². The monoisotopic (exact) mass is 276 g/mol. The minimum Gasteiger partial charge on any atom is -0.465 e. The molecule has 0 fully saturated rings. The summed E-state index contributed by atoms with van der Waals surface area (Å²) in [5.74, 6) is -0.332. The van der Waals surface area contributed by atoms with Gasteiger partial charge in [-0.25, -0.2) is 0 Å². The van der Waals surface area contributed by atoms with Crippen LogP contribution in [0.15, 0.2) is 0 Å². The van der Waals surface area contributed by atoms with Crippen molar-refractivity contribution in [1.29, 1.82) is 0 Å². The quantitative estimate of drug-likeness (QED) is 0.266. The number of hydrogen-bond donors (Lipinski definition) is 0. The van der Waals surface area contributed by atoms with Crippen molar-refractivity contribution in [2.75, 3.05) is 12.5 Å². The van der Waals surface area contributed by atoms with Crippen molar-refractivity contribution in [2.24, 2.45) is 0 Å². The molecule has 18 heavy (non-hydrogen) atoms. The van der Waals surface area contributed by atoms with Crippen LogP contribution in [0.25, 0.3) is 0 Å². The largest absolute Gasteiger partial charge is 0.465 e. The summed E-state index contributed by atoms with van der Waals surface area (Å²) in [6, 6.07) is 0. The molecule has 0 saturated carbocycles. The predicted molar refractivity (Wildman–Crippen MR) is 78.1 cm³/mol. The first-order chi connectivity index (χ1) is 8.81. The van der Waals surface area contributed by atoms with Crippen LogP contribution in [0.3, 0.4) is 0 Å². The molecule has 0 atom stereocenters. The van der Waals surface area contributed by atoms with E-state index >= 15 is 0 Å². The zero-order valence-corrected chi connectivity index (χ0v) is 12.6. The number of carbonyl (C=O) groups excluding carboxylic acids is 1. The summed E-state index contributed by atoms with van der Waals surface area (Å²) in [4.78, 5) is 10.7. The van der Waals surface area contributed by atoms with Crippen LogP contribution in [0.5, 0.6) is 0 Å². The molecule has 0 bridgehead atoms. The van der Waals surface area contributed by atoms with Gasteiger partial charge in [0, 0.05) is 0 Å². The molecular weight excluding hydrogens is 248 g/mol. The highest BCUT2D eigenvalue weighted by Gasteiger charge is 1.98. The Morgan fingerprint density at radius 2 is 1.28 bits per heavy atom. The van der Waals surface area contributed by atoms with Gasteiger partial charge in [-0.2, -0.15) is 0 Å². The van der Waals surface area contributed by atoms with Gasteiger partial charge < -0.3 is 4.74 Å². The first kappa shape index (κ1) is 17.8. The standard InChI is InChI=1S/C15H29ClO2/c1-2-3-4-5-6-7-8-9-10-11-12-13-18-15(17)14-16/h2-14H2,1H3. The average Bonchev–Trinajstić information content (AvgIpc) is 2.39. The van der Waals surface area contributed by atoms with E-state index in [0.29, 0.717) is 6.61 Å². The van der Waals surface area contributed by atoms with Crippen LogP contribution < -0.4 is 0 Å². The highest BCUT2D eigenvalue weighted by molar-refractivity contribution is 6.26. The fourth-order valence-electron chi connectivity index (χ4n) is 1.99. The van der Waals surface area contributed by atoms with E-state index in [4.69, 9.17) is 16.3 Å². The van der Waals surface area contributed by atoms with Crippen LogP contribution in [0, 0.1) is 0 Å². The van der Waals surface area contributed by atoms with Crippen molar-refractivity contribution in [2.45, 2.75) is 77.6 Å². The number of ether oxygens (including phenoxy) is 1. The lowest BCUT2D eigenvalue weighted by molar-refractivity contribution is -0.140. The molecule has 0 radical (unpaired) electrons. The fraction of sp³-hybridized carbons (Fsp3) is 0.933. The lowest BCUT2D eigenvalue weighted by atomic mass is 10.1. The Bertz CT molecular complexity index is 183. The van der Waals surface area contributed by atoms with E-state index in [1.165, 1.54) is 57.8 Å². The second kappa shape index (κ2) is 14.8. The van der Waals surface area contributed by atoms with Gasteiger partial charge in [-0.1, -0.05) is 71.1 Å². The molecule has 0 N–H and O–H groups in total. The van der Waals surface area contributed by atoms with Gasteiger partial charge in [-0.05, 0) is 6.42 Å². The molecule has 0 heterocycles. The number of carbonyl (C=O) groups is 1. The first-order valence-electron chi connectivity index (χ1n) is 7.52. The number of esters is 1. The molecule has 0 aromatic carbocycles. The summed E-state index contributed by atoms with van der Waals surface area (Å²) in [6.45, 7) is 2.78. The maximum absolute atomic E-state index is 10.7. The zero-order chi connectivity index (χ0) is 13.5. The van der Waals surface area contributed by atoms with Gasteiger partial charge in [0.1, 0.15) is 5.88 Å². The minimum atomic E-state index is -0.302. The maximum atomic E-state index is 10.7. The van der Waals surface area contributed by atoms with Gasteiger partial charge >= 0.3 is 5.97 Å². The molecule has 0 saturated heterocycles. The van der Waals surface area contributed by atoms with E-state index in [-0.39, 0.29) is 11.8 Å². The number of unbranched alkanes of at least 4 members (excludes halogenated alkanes) is 10. The molecular formula is C15H29ClO2. The molecule has 0 aliphatic carbocycles. The summed E-state index contributed by atoms with van der Waals surface area (Å²) in [5, 5.41) is 0. The molecule has 0 unspecified atom stereocenters. The molecule has 0 spiro atoms. The summed E-state index contributed by atoms with van der Waals surface area (Å²) < 4.78 is 4.90. The smallest absolute Gasteiger partial charge is 0.320 e. The average molecular weight is 277 g/mol. The van der Waals surface area contributed by atoms with Gasteiger partial charge in [0.25, 0.3) is 0 Å². The second-order valence-corrected chi connectivity index (χ2v) is 5.16. The Balaban J connectivity index is 2.97. The third kappa shape index (κ3) is 13.8. The molecule has 0 aliphatic heterocycles. The summed E-state index contributed by atoms with van der Waals surface area (Å²) in [7, 11) is 0. The zero-order valence-electron chi connectivity index (χ0n) is 11.9. The minimum absolute atomic E-state index is 0.0297. The van der Waals surface area contributed by atoms with E-state index in [1.54, 1.807) is 0 Å². The highest BCUT2D eigenvalue weighted by Crippen LogP contribution is 2.11. The van der Waals surface area contributed by atoms with E-state index in [1.807, 2.05) is 0 Å². The molecule has 3 heteroatoms. The van der Waals surface area contributed by atoms with Crippen LogP contribution in [0.1, 0.15) is 77.6 Å². The molecule has 108 valence electrons. The summed E-state index contributed by atoms with van der Waals surface area (Å²) >= 11 is 5.32. The highest BCUT2D eigenvalue weighted by atomic mass is 35.5. The molecule has 0 rings (SSSR count). The topological polar surface area (TPSA) is 26.3 Å².